The van der Waals surface area contributed by atoms with E-state index in [0.717, 1.165) is 22.0 Å². The molecule has 6 nitrogen and oxygen atoms in total. The lowest BCUT2D eigenvalue weighted by atomic mass is 10.2. The Morgan fingerprint density at radius 3 is 2.71 bits per heavy atom. The van der Waals surface area contributed by atoms with E-state index in [1.807, 2.05) is 24.3 Å². The van der Waals surface area contributed by atoms with Crippen molar-refractivity contribution < 1.29 is 14.4 Å². The van der Waals surface area contributed by atoms with Crippen molar-refractivity contribution in [3.8, 4) is 0 Å². The highest BCUT2D eigenvalue weighted by atomic mass is 35.5. The molecular weight excluding hydrogens is 350 g/mol. The molecule has 0 saturated carbocycles. The first-order chi connectivity index (χ1) is 11.4. The SMILES string of the molecule is CN1C(=O)[C@H](CC(=O)NCCSCc2cccc(Cl)c2)N(C)C1=O. The van der Waals surface area contributed by atoms with Crippen LogP contribution in [-0.2, 0) is 15.3 Å². The average Bonchev–Trinajstić information content (AvgIpc) is 2.72. The van der Waals surface area contributed by atoms with Gasteiger partial charge in [-0.1, -0.05) is 23.7 Å². The van der Waals surface area contributed by atoms with Crippen LogP contribution in [0.4, 0.5) is 4.79 Å². The van der Waals surface area contributed by atoms with E-state index in [1.54, 1.807) is 11.8 Å². The number of hydrogen-bond donors (Lipinski definition) is 1. The third-order valence-electron chi connectivity index (χ3n) is 3.78. The molecule has 1 fully saturated rings. The number of rotatable bonds is 7. The van der Waals surface area contributed by atoms with Gasteiger partial charge in [0.05, 0.1) is 6.42 Å². The lowest BCUT2D eigenvalue weighted by molar-refractivity contribution is -0.131. The third kappa shape index (κ3) is 4.64. The van der Waals surface area contributed by atoms with Crippen molar-refractivity contribution in [3.05, 3.63) is 34.9 Å². The Balaban J connectivity index is 1.67. The molecule has 0 bridgehead atoms. The van der Waals surface area contributed by atoms with E-state index in [9.17, 15) is 14.4 Å². The van der Waals surface area contributed by atoms with Crippen LogP contribution in [0.2, 0.25) is 5.02 Å². The van der Waals surface area contributed by atoms with Crippen molar-refractivity contribution >= 4 is 41.2 Å². The van der Waals surface area contributed by atoms with Crippen LogP contribution >= 0.6 is 23.4 Å². The highest BCUT2D eigenvalue weighted by molar-refractivity contribution is 7.98. The number of carbonyl (C=O) groups is 3. The molecule has 0 aromatic heterocycles. The van der Waals surface area contributed by atoms with E-state index in [1.165, 1.54) is 19.0 Å². The van der Waals surface area contributed by atoms with Crippen molar-refractivity contribution in [2.45, 2.75) is 18.2 Å². The summed E-state index contributed by atoms with van der Waals surface area (Å²) in [6, 6.07) is 6.58. The van der Waals surface area contributed by atoms with Crippen molar-refractivity contribution in [3.63, 3.8) is 0 Å². The Morgan fingerprint density at radius 2 is 2.08 bits per heavy atom. The number of halogens is 1. The second-order valence-electron chi connectivity index (χ2n) is 5.54. The minimum Gasteiger partial charge on any atom is -0.355 e. The van der Waals surface area contributed by atoms with E-state index in [2.05, 4.69) is 5.32 Å². The number of nitrogens with zero attached hydrogens (tertiary/aromatic N) is 2. The summed E-state index contributed by atoms with van der Waals surface area (Å²) >= 11 is 7.62. The molecule has 1 N–H and O–H groups in total. The Labute approximate surface area is 150 Å². The maximum atomic E-state index is 11.9. The predicted octanol–water partition coefficient (Wildman–Crippen LogP) is 1.97. The fourth-order valence-electron chi connectivity index (χ4n) is 2.40. The zero-order valence-electron chi connectivity index (χ0n) is 13.6. The van der Waals surface area contributed by atoms with Gasteiger partial charge in [-0.25, -0.2) is 4.79 Å². The van der Waals surface area contributed by atoms with Crippen LogP contribution in [-0.4, -0.2) is 60.1 Å². The second-order valence-corrected chi connectivity index (χ2v) is 7.08. The van der Waals surface area contributed by atoms with Gasteiger partial charge in [0.25, 0.3) is 5.91 Å². The summed E-state index contributed by atoms with van der Waals surface area (Å²) in [4.78, 5) is 37.8. The Bertz CT molecular complexity index is 641. The summed E-state index contributed by atoms with van der Waals surface area (Å²) < 4.78 is 0. The first kappa shape index (κ1) is 18.6. The molecule has 1 saturated heterocycles. The van der Waals surface area contributed by atoms with Gasteiger partial charge in [-0.05, 0) is 17.7 Å². The van der Waals surface area contributed by atoms with Crippen molar-refractivity contribution in [1.29, 1.82) is 0 Å². The van der Waals surface area contributed by atoms with Gasteiger partial charge in [-0.2, -0.15) is 11.8 Å². The van der Waals surface area contributed by atoms with Crippen LogP contribution in [0.15, 0.2) is 24.3 Å². The highest BCUT2D eigenvalue weighted by Crippen LogP contribution is 2.17. The molecule has 0 unspecified atom stereocenters. The third-order valence-corrected chi connectivity index (χ3v) is 5.04. The molecule has 0 radical (unpaired) electrons. The molecular formula is C16H20ClN3O3S. The fraction of sp³-hybridized carbons (Fsp3) is 0.438. The number of amides is 4. The summed E-state index contributed by atoms with van der Waals surface area (Å²) in [6.07, 6.45) is -0.00955. The monoisotopic (exact) mass is 369 g/mol. The number of likely N-dealkylation sites (N-methyl/N-ethyl adjacent to an activating group) is 2. The molecule has 4 amide bonds. The fourth-order valence-corrected chi connectivity index (χ4v) is 3.42. The van der Waals surface area contributed by atoms with Gasteiger partial charge in [0, 0.05) is 37.2 Å². The summed E-state index contributed by atoms with van der Waals surface area (Å²) in [7, 11) is 2.95. The quantitative estimate of drug-likeness (QED) is 0.589. The maximum absolute atomic E-state index is 11.9. The molecule has 130 valence electrons. The van der Waals surface area contributed by atoms with Crippen LogP contribution in [0.5, 0.6) is 0 Å². The van der Waals surface area contributed by atoms with Gasteiger partial charge in [-0.15, -0.1) is 0 Å². The normalized spacial score (nSPS) is 17.5. The van der Waals surface area contributed by atoms with E-state index >= 15 is 0 Å². The second kappa shape index (κ2) is 8.39. The molecule has 1 aromatic rings. The number of carbonyl (C=O) groups excluding carboxylic acids is 3. The summed E-state index contributed by atoms with van der Waals surface area (Å²) in [5.41, 5.74) is 1.14. The standard InChI is InChI=1S/C16H20ClN3O3S/c1-19-13(15(22)20(2)16(19)23)9-14(21)18-6-7-24-10-11-4-3-5-12(17)8-11/h3-5,8,13H,6-7,9-10H2,1-2H3,(H,18,21)/t13-/m0/s1. The largest absolute Gasteiger partial charge is 0.355 e. The molecule has 1 aromatic carbocycles. The summed E-state index contributed by atoms with van der Waals surface area (Å²) in [5.74, 6) is 1.00. The molecule has 1 atom stereocenters. The van der Waals surface area contributed by atoms with Gasteiger partial charge >= 0.3 is 6.03 Å². The predicted molar refractivity (Wildman–Crippen MR) is 95.0 cm³/mol. The Morgan fingerprint density at radius 1 is 1.33 bits per heavy atom. The number of imide groups is 1. The number of thioether (sulfide) groups is 1. The Hall–Kier alpha value is -1.73. The van der Waals surface area contributed by atoms with Gasteiger partial charge < -0.3 is 10.2 Å². The van der Waals surface area contributed by atoms with Crippen molar-refractivity contribution in [2.24, 2.45) is 0 Å². The average molecular weight is 370 g/mol. The zero-order chi connectivity index (χ0) is 17.7. The lowest BCUT2D eigenvalue weighted by Crippen LogP contribution is -2.38. The summed E-state index contributed by atoms with van der Waals surface area (Å²) in [5, 5.41) is 3.50. The molecule has 1 aliphatic rings. The number of hydrogen-bond acceptors (Lipinski definition) is 4. The Kier molecular flexibility index (Phi) is 6.51. The van der Waals surface area contributed by atoms with Crippen molar-refractivity contribution in [1.82, 2.24) is 15.1 Å². The lowest BCUT2D eigenvalue weighted by Gasteiger charge is -2.15. The van der Waals surface area contributed by atoms with Crippen LogP contribution in [0.1, 0.15) is 12.0 Å². The van der Waals surface area contributed by atoms with Gasteiger partial charge in [0.2, 0.25) is 5.91 Å². The minimum atomic E-state index is -0.707. The van der Waals surface area contributed by atoms with Crippen LogP contribution in [0, 0.1) is 0 Å². The topological polar surface area (TPSA) is 69.7 Å². The molecule has 1 aliphatic heterocycles. The smallest absolute Gasteiger partial charge is 0.326 e. The first-order valence-electron chi connectivity index (χ1n) is 7.53. The first-order valence-corrected chi connectivity index (χ1v) is 9.06. The van der Waals surface area contributed by atoms with E-state index in [4.69, 9.17) is 11.6 Å². The maximum Gasteiger partial charge on any atom is 0.326 e. The van der Waals surface area contributed by atoms with Gasteiger partial charge in [-0.3, -0.25) is 14.5 Å². The molecule has 8 heteroatoms. The van der Waals surface area contributed by atoms with Crippen LogP contribution in [0.3, 0.4) is 0 Å². The van der Waals surface area contributed by atoms with Crippen molar-refractivity contribution in [2.75, 3.05) is 26.4 Å². The van der Waals surface area contributed by atoms with E-state index < -0.39 is 6.04 Å². The minimum absolute atomic E-state index is 0.00955. The number of urea groups is 1. The van der Waals surface area contributed by atoms with E-state index in [-0.39, 0.29) is 24.3 Å². The van der Waals surface area contributed by atoms with Gasteiger partial charge in [0.1, 0.15) is 6.04 Å². The van der Waals surface area contributed by atoms with E-state index in [0.29, 0.717) is 11.6 Å². The number of nitrogens with one attached hydrogen (secondary N) is 1. The van der Waals surface area contributed by atoms with Crippen LogP contribution in [0.25, 0.3) is 0 Å². The molecule has 2 rings (SSSR count). The zero-order valence-corrected chi connectivity index (χ0v) is 15.2. The highest BCUT2D eigenvalue weighted by Gasteiger charge is 2.41. The van der Waals surface area contributed by atoms with Crippen LogP contribution < -0.4 is 5.32 Å². The molecule has 0 aliphatic carbocycles. The van der Waals surface area contributed by atoms with Gasteiger partial charge in [0.15, 0.2) is 0 Å². The molecule has 0 spiro atoms. The molecule has 24 heavy (non-hydrogen) atoms. The summed E-state index contributed by atoms with van der Waals surface area (Å²) in [6.45, 7) is 0.512. The number of benzene rings is 1. The molecule has 1 heterocycles.